The molecule has 1 saturated heterocycles. The summed E-state index contributed by atoms with van der Waals surface area (Å²) in [5, 5.41) is 2.27. The topological polar surface area (TPSA) is 27.1 Å². The van der Waals surface area contributed by atoms with Gasteiger partial charge in [-0.25, -0.2) is 9.58 Å². The Hall–Kier alpha value is -4.54. The Bertz CT molecular complexity index is 2790. The minimum absolute atomic E-state index is 0. The largest absolute Gasteiger partial charge is 0.509 e. The quantitative estimate of drug-likeness (QED) is 0.0862. The van der Waals surface area contributed by atoms with Crippen molar-refractivity contribution >= 4 is 44.6 Å². The first-order valence-corrected chi connectivity index (χ1v) is 21.4. The molecule has 9 rings (SSSR count). The van der Waals surface area contributed by atoms with Gasteiger partial charge in [0.25, 0.3) is 0 Å². The van der Waals surface area contributed by atoms with Crippen molar-refractivity contribution in [2.45, 2.75) is 118 Å². The molecule has 2 atom stereocenters. The SMILES string of the molecule is CCC(C)(CC)c1cccc([N@+]23[CH-][N+]2(c2[c-]c(Oc4[c-]c5c(cc4)c4ccccc4n5-c4cc(C(C)(C)C)ccn4)cc(C(C)(C)C)c2)c2ccc(C(C)(C)C)cc23)c1.[Pt]. The van der Waals surface area contributed by atoms with Gasteiger partial charge >= 0.3 is 0 Å². The molecule has 0 N–H and O–H groups in total. The van der Waals surface area contributed by atoms with E-state index in [1.807, 2.05) is 12.3 Å². The van der Waals surface area contributed by atoms with Crippen LogP contribution in [0.15, 0.2) is 109 Å². The molecule has 6 heteroatoms. The fourth-order valence-electron chi connectivity index (χ4n) is 9.19. The fourth-order valence-corrected chi connectivity index (χ4v) is 9.19. The molecule has 0 bridgehead atoms. The Morgan fingerprint density at radius 2 is 1.30 bits per heavy atom. The third-order valence-corrected chi connectivity index (χ3v) is 13.5. The van der Waals surface area contributed by atoms with E-state index in [-0.39, 0.29) is 42.7 Å². The van der Waals surface area contributed by atoms with Gasteiger partial charge in [0.05, 0.1) is 5.69 Å². The average Bonchev–Trinajstić information content (AvgIpc) is 3.70. The van der Waals surface area contributed by atoms with Crippen LogP contribution in [0.2, 0.25) is 0 Å². The van der Waals surface area contributed by atoms with E-state index in [2.05, 4.69) is 204 Å². The minimum Gasteiger partial charge on any atom is -0.509 e. The van der Waals surface area contributed by atoms with Crippen molar-refractivity contribution < 1.29 is 25.8 Å². The second-order valence-corrected chi connectivity index (χ2v) is 20.3. The van der Waals surface area contributed by atoms with E-state index in [9.17, 15) is 0 Å². The van der Waals surface area contributed by atoms with Crippen molar-refractivity contribution in [1.82, 2.24) is 18.7 Å². The Morgan fingerprint density at radius 1 is 0.600 bits per heavy atom. The van der Waals surface area contributed by atoms with E-state index in [0.717, 1.165) is 46.2 Å². The van der Waals surface area contributed by atoms with Crippen LogP contribution in [0.3, 0.4) is 0 Å². The van der Waals surface area contributed by atoms with Crippen molar-refractivity contribution in [2.75, 3.05) is 0 Å². The molecule has 7 aromatic rings. The molecule has 1 unspecified atom stereocenters. The third-order valence-electron chi connectivity index (χ3n) is 13.5. The van der Waals surface area contributed by atoms with Gasteiger partial charge < -0.3 is 9.30 Å². The molecule has 2 aliphatic heterocycles. The van der Waals surface area contributed by atoms with Gasteiger partial charge in [-0.3, -0.25) is 0 Å². The second-order valence-electron chi connectivity index (χ2n) is 20.3. The summed E-state index contributed by atoms with van der Waals surface area (Å²) in [5.74, 6) is 2.20. The van der Waals surface area contributed by atoms with Gasteiger partial charge in [0, 0.05) is 68.5 Å². The maximum absolute atomic E-state index is 6.92. The van der Waals surface area contributed by atoms with E-state index in [0.29, 0.717) is 20.7 Å². The number of ether oxygens (including phenoxy) is 1. The van der Waals surface area contributed by atoms with Crippen molar-refractivity contribution in [3.05, 3.63) is 150 Å². The molecule has 60 heavy (non-hydrogen) atoms. The van der Waals surface area contributed by atoms with Crippen LogP contribution in [0, 0.1) is 18.8 Å². The van der Waals surface area contributed by atoms with E-state index in [1.165, 1.54) is 39.3 Å². The Kier molecular flexibility index (Phi) is 10.0. The molecule has 5 aromatic carbocycles. The molecule has 1 fully saturated rings. The van der Waals surface area contributed by atoms with Gasteiger partial charge in [0.2, 0.25) is 11.4 Å². The number of para-hydroxylation sites is 1. The zero-order chi connectivity index (χ0) is 41.9. The zero-order valence-electron chi connectivity index (χ0n) is 37.4. The molecular formula is C54H59N4OPt-. The molecule has 0 amide bonds. The summed E-state index contributed by atoms with van der Waals surface area (Å²) in [5.41, 5.74) is 12.1. The fraction of sp³-hybridized carbons (Fsp3) is 0.333. The smallest absolute Gasteiger partial charge is 0.225 e. The molecule has 0 radical (unpaired) electrons. The molecular weight excluding hydrogens is 916 g/mol. The number of nitrogens with zero attached hydrogens (tertiary/aromatic N) is 4. The number of hydrogen-bond acceptors (Lipinski definition) is 2. The van der Waals surface area contributed by atoms with Gasteiger partial charge in [0.15, 0.2) is 12.4 Å². The average molecular weight is 975 g/mol. The number of aromatic nitrogens is 2. The maximum Gasteiger partial charge on any atom is 0.225 e. The molecule has 5 nitrogen and oxygen atoms in total. The van der Waals surface area contributed by atoms with E-state index >= 15 is 0 Å². The van der Waals surface area contributed by atoms with Gasteiger partial charge in [-0.1, -0.05) is 131 Å². The van der Waals surface area contributed by atoms with Gasteiger partial charge in [0.1, 0.15) is 5.82 Å². The summed E-state index contributed by atoms with van der Waals surface area (Å²) in [6.45, 7) is 30.0. The summed E-state index contributed by atoms with van der Waals surface area (Å²) in [4.78, 5) is 4.89. The number of rotatable bonds is 8. The van der Waals surface area contributed by atoms with Crippen molar-refractivity contribution in [2.24, 2.45) is 0 Å². The predicted molar refractivity (Wildman–Crippen MR) is 247 cm³/mol. The van der Waals surface area contributed by atoms with Crippen LogP contribution < -0.4 is 13.9 Å². The normalized spacial score (nSPS) is 18.7. The molecule has 2 aromatic heterocycles. The van der Waals surface area contributed by atoms with Crippen molar-refractivity contribution in [1.29, 1.82) is 0 Å². The van der Waals surface area contributed by atoms with E-state index < -0.39 is 0 Å². The molecule has 0 saturated carbocycles. The van der Waals surface area contributed by atoms with Crippen LogP contribution in [0.1, 0.15) is 118 Å². The summed E-state index contributed by atoms with van der Waals surface area (Å²) >= 11 is 0. The van der Waals surface area contributed by atoms with Gasteiger partial charge in [-0.05, 0) is 74.8 Å². The summed E-state index contributed by atoms with van der Waals surface area (Å²) in [6, 6.07) is 45.6. The monoisotopic (exact) mass is 974 g/mol. The minimum atomic E-state index is -0.135. The number of fused-ring (bicyclic) bond motifs is 7. The van der Waals surface area contributed by atoms with Crippen LogP contribution in [0.5, 0.6) is 11.5 Å². The number of hydrogen-bond donors (Lipinski definition) is 0. The van der Waals surface area contributed by atoms with E-state index in [4.69, 9.17) is 9.72 Å². The predicted octanol–water partition coefficient (Wildman–Crippen LogP) is 14.9. The molecule has 0 spiro atoms. The Morgan fingerprint density at radius 3 is 2.00 bits per heavy atom. The summed E-state index contributed by atoms with van der Waals surface area (Å²) in [7, 11) is 0. The van der Waals surface area contributed by atoms with Crippen LogP contribution in [-0.2, 0) is 42.7 Å². The van der Waals surface area contributed by atoms with E-state index in [1.54, 1.807) is 0 Å². The standard InChI is InChI=1S/C54H59N4O.Pt/c1-13-54(12,14-2)38-18-17-19-40(28-38)57-35-58(57,48-25-22-36(31-49(48)57)51(3,4)5)41-29-39(53(9,10)11)30-43(33-41)59-42-23-24-45-44-20-15-16-21-46(44)56(47(45)34-42)50-32-37(26-27-55-50)52(6,7)8;/h15-32,35H,13-14H2,1-12H3;/q-1;/t57-,58?;/m0./s1. The zero-order valence-corrected chi connectivity index (χ0v) is 39.7. The Balaban J connectivity index is 0.00000499. The first-order chi connectivity index (χ1) is 27.8. The molecule has 312 valence electrons. The molecule has 2 aliphatic rings. The second kappa shape index (κ2) is 14.3. The maximum atomic E-state index is 6.92. The third kappa shape index (κ3) is 6.41. The van der Waals surface area contributed by atoms with Gasteiger partial charge in [-0.15, -0.1) is 35.2 Å². The summed E-state index contributed by atoms with van der Waals surface area (Å²) in [6.07, 6.45) is 4.10. The number of benzene rings is 5. The van der Waals surface area contributed by atoms with Crippen molar-refractivity contribution in [3.8, 4) is 17.3 Å². The van der Waals surface area contributed by atoms with Crippen molar-refractivity contribution in [3.63, 3.8) is 0 Å². The Labute approximate surface area is 372 Å². The molecule has 0 aliphatic carbocycles. The number of pyridine rings is 1. The van der Waals surface area contributed by atoms with Crippen LogP contribution in [0.4, 0.5) is 22.7 Å². The van der Waals surface area contributed by atoms with Gasteiger partial charge in [-0.2, -0.15) is 10.7 Å². The number of quaternary nitrogens is 2. The van der Waals surface area contributed by atoms with Crippen LogP contribution in [0.25, 0.3) is 27.6 Å². The first kappa shape index (κ1) is 42.2. The first-order valence-electron chi connectivity index (χ1n) is 21.4. The summed E-state index contributed by atoms with van der Waals surface area (Å²) < 4.78 is 10.3. The van der Waals surface area contributed by atoms with Crippen LogP contribution in [-0.4, -0.2) is 9.55 Å². The molecule has 4 heterocycles. The van der Waals surface area contributed by atoms with Crippen LogP contribution >= 0.6 is 0 Å².